The minimum Gasteiger partial charge on any atom is -0.493 e. The van der Waals surface area contributed by atoms with E-state index in [9.17, 15) is 4.79 Å². The first-order chi connectivity index (χ1) is 9.06. The van der Waals surface area contributed by atoms with Crippen molar-refractivity contribution in [1.82, 2.24) is 4.90 Å². The minimum atomic E-state index is 0.322. The quantitative estimate of drug-likeness (QED) is 0.783. The van der Waals surface area contributed by atoms with Gasteiger partial charge < -0.3 is 9.64 Å². The van der Waals surface area contributed by atoms with E-state index < -0.39 is 0 Å². The molecule has 1 heterocycles. The normalized spacial score (nSPS) is 13.2. The molecule has 1 amide bonds. The van der Waals surface area contributed by atoms with Crippen LogP contribution >= 0.6 is 0 Å². The van der Waals surface area contributed by atoms with Gasteiger partial charge in [0, 0.05) is 12.1 Å². The molecule has 0 atom stereocenters. The van der Waals surface area contributed by atoms with Crippen molar-refractivity contribution in [3.05, 3.63) is 29.8 Å². The zero-order valence-electron chi connectivity index (χ0n) is 12.4. The molecule has 1 aliphatic heterocycles. The maximum atomic E-state index is 10.3. The topological polar surface area (TPSA) is 29.5 Å². The predicted octanol–water partition coefficient (Wildman–Crippen LogP) is 3.27. The summed E-state index contributed by atoms with van der Waals surface area (Å²) in [6.45, 7) is 8.92. The lowest BCUT2D eigenvalue weighted by molar-refractivity contribution is -0.121. The molecule has 106 valence electrons. The summed E-state index contributed by atoms with van der Waals surface area (Å²) in [4.78, 5) is 12.1. The van der Waals surface area contributed by atoms with Gasteiger partial charge in [-0.15, -0.1) is 0 Å². The summed E-state index contributed by atoms with van der Waals surface area (Å²) >= 11 is 0. The first kappa shape index (κ1) is 15.5. The average molecular weight is 263 g/mol. The van der Waals surface area contributed by atoms with Crippen molar-refractivity contribution in [2.24, 2.45) is 0 Å². The summed E-state index contributed by atoms with van der Waals surface area (Å²) in [7, 11) is 0. The molecule has 1 aromatic carbocycles. The number of rotatable bonds is 3. The molecule has 1 aromatic rings. The van der Waals surface area contributed by atoms with Crippen LogP contribution in [0.15, 0.2) is 24.3 Å². The van der Waals surface area contributed by atoms with Gasteiger partial charge in [-0.3, -0.25) is 4.79 Å². The van der Waals surface area contributed by atoms with Crippen LogP contribution in [0.25, 0.3) is 0 Å². The van der Waals surface area contributed by atoms with Gasteiger partial charge in [-0.05, 0) is 52.2 Å². The molecule has 0 saturated carbocycles. The Labute approximate surface area is 116 Å². The monoisotopic (exact) mass is 263 g/mol. The number of hydrogen-bond acceptors (Lipinski definition) is 2. The number of carbonyl (C=O) groups excluding carboxylic acids is 1. The summed E-state index contributed by atoms with van der Waals surface area (Å²) in [6, 6.07) is 8.89. The van der Waals surface area contributed by atoms with E-state index >= 15 is 0 Å². The largest absolute Gasteiger partial charge is 0.493 e. The van der Waals surface area contributed by atoms with Crippen LogP contribution < -0.4 is 4.74 Å². The van der Waals surface area contributed by atoms with E-state index in [4.69, 9.17) is 4.74 Å². The number of fused-ring (bicyclic) bond motifs is 1. The molecule has 19 heavy (non-hydrogen) atoms. The smallest absolute Gasteiger partial charge is 0.210 e. The third kappa shape index (κ3) is 4.93. The molecule has 0 fully saturated rings. The van der Waals surface area contributed by atoms with Crippen molar-refractivity contribution in [3.8, 4) is 5.75 Å². The Hall–Kier alpha value is -1.51. The van der Waals surface area contributed by atoms with Crippen LogP contribution in [0.4, 0.5) is 0 Å². The lowest BCUT2D eigenvalue weighted by Crippen LogP contribution is -2.35. The molecule has 0 bridgehead atoms. The second-order valence-electron chi connectivity index (χ2n) is 5.30. The van der Waals surface area contributed by atoms with Crippen molar-refractivity contribution in [1.29, 1.82) is 0 Å². The van der Waals surface area contributed by atoms with Crippen LogP contribution in [-0.4, -0.2) is 30.0 Å². The first-order valence-electron chi connectivity index (χ1n) is 6.99. The van der Waals surface area contributed by atoms with Gasteiger partial charge in [0.05, 0.1) is 6.61 Å². The highest BCUT2D eigenvalue weighted by atomic mass is 16.5. The third-order valence-electron chi connectivity index (χ3n) is 3.13. The van der Waals surface area contributed by atoms with E-state index in [0.717, 1.165) is 25.2 Å². The van der Waals surface area contributed by atoms with Gasteiger partial charge >= 0.3 is 0 Å². The number of nitrogens with zero attached hydrogens (tertiary/aromatic N) is 1. The molecule has 0 spiro atoms. The zero-order valence-corrected chi connectivity index (χ0v) is 12.4. The summed E-state index contributed by atoms with van der Waals surface area (Å²) in [6.07, 6.45) is 3.24. The Kier molecular flexibility index (Phi) is 6.40. The van der Waals surface area contributed by atoms with Crippen LogP contribution in [-0.2, 0) is 11.2 Å². The van der Waals surface area contributed by atoms with E-state index in [-0.39, 0.29) is 0 Å². The van der Waals surface area contributed by atoms with Crippen molar-refractivity contribution in [2.75, 3.05) is 6.61 Å². The van der Waals surface area contributed by atoms with Crippen LogP contribution in [0.1, 0.15) is 39.7 Å². The Bertz CT molecular complexity index is 355. The number of aryl methyl sites for hydroxylation is 1. The Balaban J connectivity index is 0.000000192. The fraction of sp³-hybridized carbons (Fsp3) is 0.562. The van der Waals surface area contributed by atoms with Crippen LogP contribution in [0.3, 0.4) is 0 Å². The van der Waals surface area contributed by atoms with E-state index in [0.29, 0.717) is 12.1 Å². The Morgan fingerprint density at radius 3 is 2.26 bits per heavy atom. The summed E-state index contributed by atoms with van der Waals surface area (Å²) < 4.78 is 5.42. The van der Waals surface area contributed by atoms with Gasteiger partial charge in [0.15, 0.2) is 0 Å². The fourth-order valence-corrected chi connectivity index (χ4v) is 2.14. The molecular weight excluding hydrogens is 238 g/mol. The van der Waals surface area contributed by atoms with Crippen molar-refractivity contribution in [2.45, 2.75) is 52.6 Å². The molecule has 0 unspecified atom stereocenters. The Morgan fingerprint density at radius 2 is 1.79 bits per heavy atom. The standard InChI is InChI=1S/C9H10O.C7H15NO/c1-2-6-9-8(4-1)5-3-7-10-9;1-6(2)8(5-9)7(3)4/h1-2,4,6H,3,5,7H2;5-7H,1-4H3. The molecule has 0 saturated heterocycles. The summed E-state index contributed by atoms with van der Waals surface area (Å²) in [5.74, 6) is 1.08. The molecule has 3 nitrogen and oxygen atoms in total. The van der Waals surface area contributed by atoms with E-state index in [1.54, 1.807) is 4.90 Å². The maximum absolute atomic E-state index is 10.3. The van der Waals surface area contributed by atoms with E-state index in [1.165, 1.54) is 12.0 Å². The number of para-hydroxylation sites is 1. The molecule has 0 N–H and O–H groups in total. The van der Waals surface area contributed by atoms with Crippen molar-refractivity contribution >= 4 is 6.41 Å². The van der Waals surface area contributed by atoms with Gasteiger partial charge in [0.2, 0.25) is 6.41 Å². The van der Waals surface area contributed by atoms with Crippen molar-refractivity contribution < 1.29 is 9.53 Å². The SMILES string of the molecule is CC(C)N(C=O)C(C)C.c1ccc2c(c1)CCCO2. The predicted molar refractivity (Wildman–Crippen MR) is 78.4 cm³/mol. The number of hydrogen-bond donors (Lipinski definition) is 0. The van der Waals surface area contributed by atoms with Gasteiger partial charge in [-0.2, -0.15) is 0 Å². The maximum Gasteiger partial charge on any atom is 0.210 e. The second kappa shape index (κ2) is 7.82. The van der Waals surface area contributed by atoms with Crippen molar-refractivity contribution in [3.63, 3.8) is 0 Å². The highest BCUT2D eigenvalue weighted by Gasteiger charge is 2.08. The summed E-state index contributed by atoms with van der Waals surface area (Å²) in [5.41, 5.74) is 1.36. The fourth-order valence-electron chi connectivity index (χ4n) is 2.14. The number of ether oxygens (including phenoxy) is 1. The highest BCUT2D eigenvalue weighted by molar-refractivity contribution is 5.47. The average Bonchev–Trinajstić information content (AvgIpc) is 2.39. The van der Waals surface area contributed by atoms with Crippen LogP contribution in [0.5, 0.6) is 5.75 Å². The van der Waals surface area contributed by atoms with Crippen LogP contribution in [0.2, 0.25) is 0 Å². The lowest BCUT2D eigenvalue weighted by Gasteiger charge is -2.25. The number of carbonyl (C=O) groups is 1. The highest BCUT2D eigenvalue weighted by Crippen LogP contribution is 2.23. The minimum absolute atomic E-state index is 0.322. The van der Waals surface area contributed by atoms with Gasteiger partial charge in [-0.25, -0.2) is 0 Å². The van der Waals surface area contributed by atoms with Gasteiger partial charge in [0.25, 0.3) is 0 Å². The van der Waals surface area contributed by atoms with E-state index in [1.807, 2.05) is 39.8 Å². The molecule has 2 rings (SSSR count). The second-order valence-corrected chi connectivity index (χ2v) is 5.30. The molecule has 3 heteroatoms. The molecule has 0 aliphatic carbocycles. The molecule has 0 radical (unpaired) electrons. The molecule has 0 aromatic heterocycles. The summed E-state index contributed by atoms with van der Waals surface area (Å²) in [5, 5.41) is 0. The number of amides is 1. The zero-order chi connectivity index (χ0) is 14.3. The van der Waals surface area contributed by atoms with Gasteiger partial charge in [-0.1, -0.05) is 18.2 Å². The lowest BCUT2D eigenvalue weighted by atomic mass is 10.1. The molecule has 1 aliphatic rings. The first-order valence-corrected chi connectivity index (χ1v) is 6.99. The third-order valence-corrected chi connectivity index (χ3v) is 3.13. The van der Waals surface area contributed by atoms with Crippen LogP contribution in [0, 0.1) is 0 Å². The Morgan fingerprint density at radius 1 is 1.16 bits per heavy atom. The van der Waals surface area contributed by atoms with Gasteiger partial charge in [0.1, 0.15) is 5.75 Å². The molecular formula is C16H25NO2. The van der Waals surface area contributed by atoms with E-state index in [2.05, 4.69) is 12.1 Å². The number of benzene rings is 1.